The Morgan fingerprint density at radius 1 is 1.53 bits per heavy atom. The summed E-state index contributed by atoms with van der Waals surface area (Å²) in [6, 6.07) is 5.88. The van der Waals surface area contributed by atoms with Crippen LogP contribution in [-0.4, -0.2) is 29.3 Å². The van der Waals surface area contributed by atoms with Gasteiger partial charge in [0.25, 0.3) is 0 Å². The molecule has 1 N–H and O–H groups in total. The van der Waals surface area contributed by atoms with Gasteiger partial charge in [0.1, 0.15) is 5.75 Å². The van der Waals surface area contributed by atoms with E-state index in [2.05, 4.69) is 22.2 Å². The zero-order valence-corrected chi connectivity index (χ0v) is 12.5. The van der Waals surface area contributed by atoms with Crippen LogP contribution >= 0.6 is 27.7 Å². The standard InChI is InChI=1S/C13H17BrO2S/c1-16-10-3-4-11(14)9(7-10)8-12(15)13(17-2)5-6-13/h3-4,7,12,15H,5-6,8H2,1-2H3. The minimum atomic E-state index is -0.277. The van der Waals surface area contributed by atoms with Crippen molar-refractivity contribution >= 4 is 27.7 Å². The molecule has 4 heteroatoms. The summed E-state index contributed by atoms with van der Waals surface area (Å²) in [6.45, 7) is 0. The van der Waals surface area contributed by atoms with Crippen LogP contribution in [0.15, 0.2) is 22.7 Å². The van der Waals surface area contributed by atoms with Crippen molar-refractivity contribution in [1.29, 1.82) is 0 Å². The maximum Gasteiger partial charge on any atom is 0.119 e. The molecule has 94 valence electrons. The van der Waals surface area contributed by atoms with E-state index in [4.69, 9.17) is 4.74 Å². The Kier molecular flexibility index (Phi) is 4.06. The zero-order valence-electron chi connectivity index (χ0n) is 10.1. The van der Waals surface area contributed by atoms with Crippen LogP contribution in [0, 0.1) is 0 Å². The third kappa shape index (κ3) is 2.80. The lowest BCUT2D eigenvalue weighted by atomic mass is 10.0. The summed E-state index contributed by atoms with van der Waals surface area (Å²) in [5, 5.41) is 10.3. The van der Waals surface area contributed by atoms with Gasteiger partial charge in [0.05, 0.1) is 13.2 Å². The fourth-order valence-electron chi connectivity index (χ4n) is 2.03. The van der Waals surface area contributed by atoms with Crippen LogP contribution in [0.25, 0.3) is 0 Å². The van der Waals surface area contributed by atoms with Gasteiger partial charge in [-0.3, -0.25) is 0 Å². The summed E-state index contributed by atoms with van der Waals surface area (Å²) in [6.07, 6.45) is 4.73. The highest BCUT2D eigenvalue weighted by Gasteiger charge is 2.48. The largest absolute Gasteiger partial charge is 0.497 e. The second kappa shape index (κ2) is 5.21. The van der Waals surface area contributed by atoms with Crippen LogP contribution in [0.4, 0.5) is 0 Å². The van der Waals surface area contributed by atoms with Crippen molar-refractivity contribution in [2.45, 2.75) is 30.1 Å². The SMILES string of the molecule is COc1ccc(Br)c(CC(O)C2(SC)CC2)c1. The van der Waals surface area contributed by atoms with Gasteiger partial charge in [0, 0.05) is 15.6 Å². The van der Waals surface area contributed by atoms with Crippen molar-refractivity contribution in [1.82, 2.24) is 0 Å². The van der Waals surface area contributed by atoms with Gasteiger partial charge in [-0.1, -0.05) is 15.9 Å². The van der Waals surface area contributed by atoms with Crippen LogP contribution < -0.4 is 4.74 Å². The number of aliphatic hydroxyl groups excluding tert-OH is 1. The number of hydrogen-bond donors (Lipinski definition) is 1. The summed E-state index contributed by atoms with van der Waals surface area (Å²) in [4.78, 5) is 0. The van der Waals surface area contributed by atoms with E-state index in [1.54, 1.807) is 18.9 Å². The molecule has 0 amide bonds. The van der Waals surface area contributed by atoms with E-state index in [-0.39, 0.29) is 10.9 Å². The Morgan fingerprint density at radius 2 is 2.24 bits per heavy atom. The van der Waals surface area contributed by atoms with E-state index < -0.39 is 0 Å². The molecule has 1 saturated carbocycles. The molecule has 0 spiro atoms. The lowest BCUT2D eigenvalue weighted by Crippen LogP contribution is -2.27. The monoisotopic (exact) mass is 316 g/mol. The Labute approximate surface area is 115 Å². The minimum absolute atomic E-state index is 0.0997. The molecule has 1 aliphatic carbocycles. The molecule has 0 aliphatic heterocycles. The maximum absolute atomic E-state index is 10.3. The summed E-state index contributed by atoms with van der Waals surface area (Å²) in [7, 11) is 1.66. The van der Waals surface area contributed by atoms with Crippen LogP contribution in [0.5, 0.6) is 5.75 Å². The number of halogens is 1. The van der Waals surface area contributed by atoms with Gasteiger partial charge in [0.2, 0.25) is 0 Å². The number of rotatable bonds is 5. The van der Waals surface area contributed by atoms with Gasteiger partial charge in [0.15, 0.2) is 0 Å². The average Bonchev–Trinajstić information content (AvgIpc) is 3.13. The average molecular weight is 317 g/mol. The highest BCUT2D eigenvalue weighted by Crippen LogP contribution is 2.50. The quantitative estimate of drug-likeness (QED) is 0.904. The molecule has 1 aromatic carbocycles. The highest BCUT2D eigenvalue weighted by atomic mass is 79.9. The van der Waals surface area contributed by atoms with Crippen molar-refractivity contribution in [2.75, 3.05) is 13.4 Å². The third-order valence-electron chi connectivity index (χ3n) is 3.42. The summed E-state index contributed by atoms with van der Waals surface area (Å²) in [5.74, 6) is 0.837. The number of thioether (sulfide) groups is 1. The molecule has 0 heterocycles. The summed E-state index contributed by atoms with van der Waals surface area (Å²) < 4.78 is 6.35. The maximum atomic E-state index is 10.3. The second-order valence-corrected chi connectivity index (χ2v) is 6.52. The molecule has 2 rings (SSSR count). The molecule has 1 fully saturated rings. The molecule has 1 aromatic rings. The predicted octanol–water partition coefficient (Wildman–Crippen LogP) is 3.26. The lowest BCUT2D eigenvalue weighted by Gasteiger charge is -2.20. The number of benzene rings is 1. The first-order chi connectivity index (χ1) is 8.11. The molecular formula is C13H17BrO2S. The van der Waals surface area contributed by atoms with Crippen LogP contribution in [0.1, 0.15) is 18.4 Å². The zero-order chi connectivity index (χ0) is 12.5. The molecule has 2 nitrogen and oxygen atoms in total. The predicted molar refractivity (Wildman–Crippen MR) is 75.9 cm³/mol. The minimum Gasteiger partial charge on any atom is -0.497 e. The van der Waals surface area contributed by atoms with Gasteiger partial charge < -0.3 is 9.84 Å². The number of hydrogen-bond acceptors (Lipinski definition) is 3. The van der Waals surface area contributed by atoms with Gasteiger partial charge >= 0.3 is 0 Å². The Bertz CT molecular complexity index is 404. The van der Waals surface area contributed by atoms with Crippen LogP contribution in [0.3, 0.4) is 0 Å². The molecular weight excluding hydrogens is 300 g/mol. The first-order valence-electron chi connectivity index (χ1n) is 5.67. The van der Waals surface area contributed by atoms with Crippen LogP contribution in [-0.2, 0) is 6.42 Å². The molecule has 0 saturated heterocycles. The number of ether oxygens (including phenoxy) is 1. The second-order valence-electron chi connectivity index (χ2n) is 4.45. The fourth-order valence-corrected chi connectivity index (χ4v) is 3.30. The third-order valence-corrected chi connectivity index (χ3v) is 5.69. The smallest absolute Gasteiger partial charge is 0.119 e. The van der Waals surface area contributed by atoms with Crippen molar-refractivity contribution < 1.29 is 9.84 Å². The first kappa shape index (κ1) is 13.2. The van der Waals surface area contributed by atoms with Crippen molar-refractivity contribution in [3.63, 3.8) is 0 Å². The number of aliphatic hydroxyl groups is 1. The normalized spacial score (nSPS) is 18.8. The molecule has 17 heavy (non-hydrogen) atoms. The molecule has 0 bridgehead atoms. The molecule has 1 unspecified atom stereocenters. The van der Waals surface area contributed by atoms with E-state index in [0.29, 0.717) is 6.42 Å². The molecule has 0 radical (unpaired) electrons. The molecule has 0 aromatic heterocycles. The van der Waals surface area contributed by atoms with Gasteiger partial charge in [-0.05, 0) is 42.9 Å². The van der Waals surface area contributed by atoms with Gasteiger partial charge in [-0.2, -0.15) is 11.8 Å². The van der Waals surface area contributed by atoms with Crippen LogP contribution in [0.2, 0.25) is 0 Å². The highest BCUT2D eigenvalue weighted by molar-refractivity contribution is 9.10. The van der Waals surface area contributed by atoms with E-state index >= 15 is 0 Å². The van der Waals surface area contributed by atoms with Gasteiger partial charge in [-0.25, -0.2) is 0 Å². The Morgan fingerprint density at radius 3 is 2.76 bits per heavy atom. The van der Waals surface area contributed by atoms with Crippen molar-refractivity contribution in [2.24, 2.45) is 0 Å². The van der Waals surface area contributed by atoms with Gasteiger partial charge in [-0.15, -0.1) is 0 Å². The molecule has 1 atom stereocenters. The van der Waals surface area contributed by atoms with E-state index in [1.165, 1.54) is 0 Å². The fraction of sp³-hybridized carbons (Fsp3) is 0.538. The lowest BCUT2D eigenvalue weighted by molar-refractivity contribution is 0.164. The summed E-state index contributed by atoms with van der Waals surface area (Å²) >= 11 is 5.31. The topological polar surface area (TPSA) is 29.5 Å². The Balaban J connectivity index is 2.12. The Hall–Kier alpha value is -0.190. The van der Waals surface area contributed by atoms with Crippen molar-refractivity contribution in [3.05, 3.63) is 28.2 Å². The first-order valence-corrected chi connectivity index (χ1v) is 7.69. The summed E-state index contributed by atoms with van der Waals surface area (Å²) in [5.41, 5.74) is 1.11. The van der Waals surface area contributed by atoms with E-state index in [9.17, 15) is 5.11 Å². The molecule has 1 aliphatic rings. The van der Waals surface area contributed by atoms with Crippen molar-refractivity contribution in [3.8, 4) is 5.75 Å². The van der Waals surface area contributed by atoms with E-state index in [0.717, 1.165) is 28.6 Å². The number of methoxy groups -OCH3 is 1. The van der Waals surface area contributed by atoms with E-state index in [1.807, 2.05) is 18.2 Å².